The van der Waals surface area contributed by atoms with Gasteiger partial charge in [-0.1, -0.05) is 42.5 Å². The molecule has 1 N–H and O–H groups in total. The van der Waals surface area contributed by atoms with Gasteiger partial charge >= 0.3 is 5.97 Å². The van der Waals surface area contributed by atoms with E-state index >= 15 is 0 Å². The molecule has 0 aliphatic rings. The molecule has 27 heavy (non-hydrogen) atoms. The van der Waals surface area contributed by atoms with Gasteiger partial charge in [0.05, 0.1) is 18.7 Å². The summed E-state index contributed by atoms with van der Waals surface area (Å²) in [6, 6.07) is 16.4. The van der Waals surface area contributed by atoms with Gasteiger partial charge in [0.15, 0.2) is 0 Å². The molecule has 0 saturated carbocycles. The number of hydrogen-bond donors (Lipinski definition) is 1. The van der Waals surface area contributed by atoms with Gasteiger partial charge in [0.2, 0.25) is 0 Å². The first kappa shape index (κ1) is 18.8. The van der Waals surface area contributed by atoms with Crippen molar-refractivity contribution >= 4 is 23.1 Å². The number of rotatable bonds is 8. The molecule has 0 bridgehead atoms. The van der Waals surface area contributed by atoms with Gasteiger partial charge in [0.1, 0.15) is 16.5 Å². The lowest BCUT2D eigenvalue weighted by atomic mass is 9.93. The standard InChI is InChI=1S/C21H19NO4S/c1-26-18-9-5-8-15(10-18)20-22-16(13-27-20)11-17(23)12-19(21(24)25)14-6-3-2-4-7-14/h2-10,13,19H,11-12H2,1H3,(H,24,25)/t19-/m1/s1. The van der Waals surface area contributed by atoms with E-state index in [1.807, 2.05) is 35.7 Å². The number of nitrogens with zero attached hydrogens (tertiary/aromatic N) is 1. The molecule has 2 aromatic carbocycles. The van der Waals surface area contributed by atoms with Crippen molar-refractivity contribution < 1.29 is 19.4 Å². The number of carboxylic acid groups (broad SMARTS) is 1. The van der Waals surface area contributed by atoms with E-state index in [0.717, 1.165) is 16.3 Å². The molecule has 1 heterocycles. The summed E-state index contributed by atoms with van der Waals surface area (Å²) in [5.74, 6) is -1.23. The van der Waals surface area contributed by atoms with Crippen molar-refractivity contribution in [2.24, 2.45) is 0 Å². The van der Waals surface area contributed by atoms with Gasteiger partial charge in [-0.2, -0.15) is 0 Å². The molecular weight excluding hydrogens is 362 g/mol. The van der Waals surface area contributed by atoms with Crippen molar-refractivity contribution in [3.05, 3.63) is 71.2 Å². The second kappa shape index (κ2) is 8.60. The number of Topliss-reactive ketones (excluding diaryl/α,β-unsaturated/α-hetero) is 1. The fourth-order valence-electron chi connectivity index (χ4n) is 2.81. The average molecular weight is 381 g/mol. The van der Waals surface area contributed by atoms with E-state index in [1.165, 1.54) is 11.3 Å². The number of methoxy groups -OCH3 is 1. The van der Waals surface area contributed by atoms with Crippen LogP contribution in [0.5, 0.6) is 5.75 Å². The highest BCUT2D eigenvalue weighted by atomic mass is 32.1. The first-order chi connectivity index (χ1) is 13.1. The van der Waals surface area contributed by atoms with E-state index in [1.54, 1.807) is 31.4 Å². The minimum Gasteiger partial charge on any atom is -0.497 e. The predicted octanol–water partition coefficient (Wildman–Crippen LogP) is 4.19. The number of ether oxygens (including phenoxy) is 1. The summed E-state index contributed by atoms with van der Waals surface area (Å²) < 4.78 is 5.22. The van der Waals surface area contributed by atoms with Gasteiger partial charge in [-0.25, -0.2) is 4.98 Å². The lowest BCUT2D eigenvalue weighted by molar-refractivity contribution is -0.140. The highest BCUT2D eigenvalue weighted by Gasteiger charge is 2.23. The molecular formula is C21H19NO4S. The number of carbonyl (C=O) groups excluding carboxylic acids is 1. The maximum atomic E-state index is 12.4. The predicted molar refractivity (Wildman–Crippen MR) is 104 cm³/mol. The van der Waals surface area contributed by atoms with Crippen LogP contribution in [0.4, 0.5) is 0 Å². The fourth-order valence-corrected chi connectivity index (χ4v) is 3.63. The lowest BCUT2D eigenvalue weighted by Crippen LogP contribution is -2.17. The molecule has 0 aliphatic carbocycles. The van der Waals surface area contributed by atoms with Crippen molar-refractivity contribution in [1.29, 1.82) is 0 Å². The third kappa shape index (κ3) is 4.80. The maximum Gasteiger partial charge on any atom is 0.311 e. The summed E-state index contributed by atoms with van der Waals surface area (Å²) in [6.07, 6.45) is 0.0719. The Hall–Kier alpha value is -2.99. The minimum absolute atomic E-state index is 0.0502. The first-order valence-corrected chi connectivity index (χ1v) is 9.33. The number of ketones is 1. The Balaban J connectivity index is 1.69. The van der Waals surface area contributed by atoms with Crippen molar-refractivity contribution in [2.45, 2.75) is 18.8 Å². The van der Waals surface area contributed by atoms with Crippen molar-refractivity contribution in [1.82, 2.24) is 4.98 Å². The number of benzene rings is 2. The topological polar surface area (TPSA) is 76.5 Å². The van der Waals surface area contributed by atoms with Crippen LogP contribution in [0.1, 0.15) is 23.6 Å². The lowest BCUT2D eigenvalue weighted by Gasteiger charge is -2.11. The molecule has 1 atom stereocenters. The van der Waals surface area contributed by atoms with Crippen LogP contribution in [-0.2, 0) is 16.0 Å². The monoisotopic (exact) mass is 381 g/mol. The first-order valence-electron chi connectivity index (χ1n) is 8.45. The molecule has 0 fully saturated rings. The molecule has 0 saturated heterocycles. The van der Waals surface area contributed by atoms with Gasteiger partial charge < -0.3 is 9.84 Å². The van der Waals surface area contributed by atoms with E-state index in [0.29, 0.717) is 11.3 Å². The second-order valence-electron chi connectivity index (χ2n) is 6.10. The average Bonchev–Trinajstić information content (AvgIpc) is 3.15. The van der Waals surface area contributed by atoms with Gasteiger partial charge in [-0.15, -0.1) is 11.3 Å². The van der Waals surface area contributed by atoms with E-state index in [2.05, 4.69) is 4.98 Å². The Morgan fingerprint density at radius 1 is 1.15 bits per heavy atom. The van der Waals surface area contributed by atoms with E-state index in [-0.39, 0.29) is 18.6 Å². The smallest absolute Gasteiger partial charge is 0.311 e. The molecule has 3 aromatic rings. The number of carbonyl (C=O) groups is 2. The maximum absolute atomic E-state index is 12.4. The van der Waals surface area contributed by atoms with Crippen LogP contribution < -0.4 is 4.74 Å². The largest absolute Gasteiger partial charge is 0.497 e. The van der Waals surface area contributed by atoms with E-state index in [9.17, 15) is 14.7 Å². The van der Waals surface area contributed by atoms with Crippen LogP contribution in [0, 0.1) is 0 Å². The molecule has 0 amide bonds. The highest BCUT2D eigenvalue weighted by Crippen LogP contribution is 2.27. The second-order valence-corrected chi connectivity index (χ2v) is 6.96. The minimum atomic E-state index is -0.995. The third-order valence-electron chi connectivity index (χ3n) is 4.18. The normalized spacial score (nSPS) is 11.7. The summed E-state index contributed by atoms with van der Waals surface area (Å²) in [5.41, 5.74) is 2.21. The van der Waals surface area contributed by atoms with Gasteiger partial charge in [-0.3, -0.25) is 9.59 Å². The Kier molecular flexibility index (Phi) is 5.98. The SMILES string of the molecule is COc1cccc(-c2nc(CC(=O)C[C@@H](C(=O)O)c3ccccc3)cs2)c1. The summed E-state index contributed by atoms with van der Waals surface area (Å²) in [6.45, 7) is 0. The van der Waals surface area contributed by atoms with Crippen molar-refractivity contribution in [2.75, 3.05) is 7.11 Å². The Bertz CT molecular complexity index is 936. The fraction of sp³-hybridized carbons (Fsp3) is 0.190. The van der Waals surface area contributed by atoms with Gasteiger partial charge in [0.25, 0.3) is 0 Å². The Morgan fingerprint density at radius 3 is 2.63 bits per heavy atom. The van der Waals surface area contributed by atoms with E-state index < -0.39 is 11.9 Å². The molecule has 6 heteroatoms. The van der Waals surface area contributed by atoms with Crippen LogP contribution in [0.25, 0.3) is 10.6 Å². The molecule has 5 nitrogen and oxygen atoms in total. The van der Waals surface area contributed by atoms with Crippen LogP contribution in [0.2, 0.25) is 0 Å². The molecule has 0 spiro atoms. The van der Waals surface area contributed by atoms with Crippen LogP contribution in [0.15, 0.2) is 60.0 Å². The summed E-state index contributed by atoms with van der Waals surface area (Å²) >= 11 is 1.45. The third-order valence-corrected chi connectivity index (χ3v) is 5.12. The molecule has 1 aromatic heterocycles. The van der Waals surface area contributed by atoms with Gasteiger partial charge in [0, 0.05) is 23.8 Å². The van der Waals surface area contributed by atoms with Crippen molar-refractivity contribution in [3.63, 3.8) is 0 Å². The summed E-state index contributed by atoms with van der Waals surface area (Å²) in [5, 5.41) is 12.1. The van der Waals surface area contributed by atoms with Crippen molar-refractivity contribution in [3.8, 4) is 16.3 Å². The van der Waals surface area contributed by atoms with Crippen LogP contribution >= 0.6 is 11.3 Å². The number of hydrogen-bond acceptors (Lipinski definition) is 5. The number of thiazole rings is 1. The zero-order valence-corrected chi connectivity index (χ0v) is 15.6. The highest BCUT2D eigenvalue weighted by molar-refractivity contribution is 7.13. The Morgan fingerprint density at radius 2 is 1.93 bits per heavy atom. The molecule has 0 aliphatic heterocycles. The Labute approximate surface area is 161 Å². The van der Waals surface area contributed by atoms with Crippen LogP contribution in [-0.4, -0.2) is 29.0 Å². The molecule has 138 valence electrons. The summed E-state index contributed by atoms with van der Waals surface area (Å²) in [7, 11) is 1.61. The number of aliphatic carboxylic acids is 1. The quantitative estimate of drug-likeness (QED) is 0.633. The number of carboxylic acids is 1. The van der Waals surface area contributed by atoms with Gasteiger partial charge in [-0.05, 0) is 17.7 Å². The molecule has 0 radical (unpaired) electrons. The number of aromatic nitrogens is 1. The zero-order chi connectivity index (χ0) is 19.2. The zero-order valence-electron chi connectivity index (χ0n) is 14.8. The van der Waals surface area contributed by atoms with Crippen LogP contribution in [0.3, 0.4) is 0 Å². The summed E-state index contributed by atoms with van der Waals surface area (Å²) in [4.78, 5) is 28.5. The van der Waals surface area contributed by atoms with E-state index in [4.69, 9.17) is 4.74 Å². The molecule has 3 rings (SSSR count). The molecule has 0 unspecified atom stereocenters.